The molecule has 0 aliphatic carbocycles. The van der Waals surface area contributed by atoms with E-state index in [4.69, 9.17) is 4.74 Å². The number of esters is 1. The zero-order valence-corrected chi connectivity index (χ0v) is 48.3. The van der Waals surface area contributed by atoms with Crippen molar-refractivity contribution < 1.29 is 79.4 Å². The van der Waals surface area contributed by atoms with E-state index in [9.17, 15) is 74.7 Å². The Labute approximate surface area is 480 Å². The van der Waals surface area contributed by atoms with Crippen LogP contribution in [0.1, 0.15) is 29.2 Å². The van der Waals surface area contributed by atoms with E-state index in [0.717, 1.165) is 23.5 Å². The van der Waals surface area contributed by atoms with Crippen molar-refractivity contribution in [3.63, 3.8) is 0 Å². The van der Waals surface area contributed by atoms with Crippen LogP contribution >= 0.6 is 0 Å². The Morgan fingerprint density at radius 3 is 0.988 bits per heavy atom. The Morgan fingerprint density at radius 1 is 0.440 bits per heavy atom. The summed E-state index contributed by atoms with van der Waals surface area (Å²) >= 11 is 0. The molecule has 6 aromatic carbocycles. The first-order valence-corrected chi connectivity index (χ1v) is 30.7. The lowest BCUT2D eigenvalue weighted by molar-refractivity contribution is -0.141. The number of aromatic nitrogens is 2. The molecule has 0 saturated carbocycles. The molecule has 0 atom stereocenters. The maximum absolute atomic E-state index is 13.8. The first-order chi connectivity index (χ1) is 39.3. The second kappa shape index (κ2) is 24.9. The predicted octanol–water partition coefficient (Wildman–Crippen LogP) is 10.3. The molecule has 0 spiro atoms. The van der Waals surface area contributed by atoms with Gasteiger partial charge in [-0.1, -0.05) is 119 Å². The molecule has 28 heteroatoms. The van der Waals surface area contributed by atoms with Crippen LogP contribution in [0.5, 0.6) is 0 Å². The van der Waals surface area contributed by atoms with E-state index in [-0.39, 0.29) is 57.3 Å². The molecule has 2 aromatic heterocycles. The summed E-state index contributed by atoms with van der Waals surface area (Å²) < 4.78 is 198. The van der Waals surface area contributed by atoms with Gasteiger partial charge in [0.05, 0.1) is 50.0 Å². The van der Waals surface area contributed by atoms with Gasteiger partial charge in [0.1, 0.15) is 26.2 Å². The molecular weight excluding hydrogens is 1190 g/mol. The Hall–Kier alpha value is -8.34. The molecule has 1 N–H and O–H groups in total. The summed E-state index contributed by atoms with van der Waals surface area (Å²) in [7, 11) is -18.5. The fourth-order valence-electron chi connectivity index (χ4n) is 8.39. The fraction of sp³-hybridized carbons (Fsp3) is 0.214. The van der Waals surface area contributed by atoms with Gasteiger partial charge >= 0.3 is 24.3 Å². The van der Waals surface area contributed by atoms with Crippen molar-refractivity contribution in [2.24, 2.45) is 0 Å². The van der Waals surface area contributed by atoms with Gasteiger partial charge < -0.3 is 9.84 Å². The monoisotopic (exact) mass is 1240 g/mol. The highest BCUT2D eigenvalue weighted by molar-refractivity contribution is 7.93. The number of aryl methyl sites for hydroxylation is 4. The minimum Gasteiger partial charge on any atom is -0.480 e. The van der Waals surface area contributed by atoms with E-state index in [0.29, 0.717) is 19.7 Å². The van der Waals surface area contributed by atoms with Gasteiger partial charge in [0.25, 0.3) is 40.1 Å². The van der Waals surface area contributed by atoms with Crippen LogP contribution in [0.25, 0.3) is 21.5 Å². The van der Waals surface area contributed by atoms with Gasteiger partial charge in [-0.05, 0) is 83.1 Å². The zero-order valence-electron chi connectivity index (χ0n) is 45.1. The van der Waals surface area contributed by atoms with E-state index in [1.54, 1.807) is 46.8 Å². The number of benzene rings is 6. The normalized spacial score (nSPS) is 12.3. The molecule has 84 heavy (non-hydrogen) atoms. The van der Waals surface area contributed by atoms with Crippen LogP contribution in [0.4, 0.5) is 49.4 Å². The Balaban J connectivity index is 0.000000241. The summed E-state index contributed by atoms with van der Waals surface area (Å²) in [4.78, 5) is 31.4. The highest BCUT2D eigenvalue weighted by Gasteiger charge is 2.41. The number of ether oxygens (including phenoxy) is 1. The third-order valence-electron chi connectivity index (χ3n) is 12.5. The smallest absolute Gasteiger partial charge is 0.407 e. The minimum absolute atomic E-state index is 0.00809. The average molecular weight is 1240 g/mol. The summed E-state index contributed by atoms with van der Waals surface area (Å²) in [5, 5.41) is 9.33. The highest BCUT2D eigenvalue weighted by Crippen LogP contribution is 2.40. The van der Waals surface area contributed by atoms with Crippen LogP contribution in [-0.2, 0) is 54.4 Å². The average Bonchev–Trinajstić information content (AvgIpc) is 2.27. The molecule has 0 aliphatic rings. The first kappa shape index (κ1) is 63.2. The van der Waals surface area contributed by atoms with Crippen molar-refractivity contribution in [1.82, 2.24) is 9.97 Å². The standard InChI is InChI=1S/C29H28F3N3O6S2.C27H24F3N3O6S2/c1-4-41-27(36)18-34(42(37,38)22-13-9-20(2)10-14-22)28-25-8-6-5-7-24(25)26(17-33-28)35(19-29(30,31)32)43(39,40)23-15-11-21(3)12-16-23;1-18-7-11-20(12-8-18)40(36,37)32(16-25(34)35)26-23-6-4-3-5-22(23)24(15-31-26)33(17-27(28,29)30)41(38,39)21-13-9-19(2)10-14-21/h5-17H,4,18-19H2,1-3H3;3-15H,16-17H2,1-2H3,(H,34,35). The van der Waals surface area contributed by atoms with Gasteiger partial charge in [-0.2, -0.15) is 26.3 Å². The Kier molecular flexibility index (Phi) is 18.7. The van der Waals surface area contributed by atoms with E-state index in [1.165, 1.54) is 133 Å². The third kappa shape index (κ3) is 14.3. The first-order valence-electron chi connectivity index (χ1n) is 24.9. The van der Waals surface area contributed by atoms with Crippen LogP contribution in [0.2, 0.25) is 0 Å². The molecule has 8 rings (SSSR count). The van der Waals surface area contributed by atoms with Crippen molar-refractivity contribution in [3.8, 4) is 0 Å². The van der Waals surface area contributed by atoms with E-state index >= 15 is 0 Å². The van der Waals surface area contributed by atoms with Crippen LogP contribution in [0.15, 0.2) is 178 Å². The number of carbonyl (C=O) groups excluding carboxylic acids is 1. The summed E-state index contributed by atoms with van der Waals surface area (Å²) in [6.07, 6.45) is -8.24. The summed E-state index contributed by atoms with van der Waals surface area (Å²) in [6, 6.07) is 33.2. The number of nitrogens with zero attached hydrogens (tertiary/aromatic N) is 6. The van der Waals surface area contributed by atoms with E-state index in [2.05, 4.69) is 9.97 Å². The number of carboxylic acid groups (broad SMARTS) is 1. The van der Waals surface area contributed by atoms with E-state index < -0.39 is 113 Å². The van der Waals surface area contributed by atoms with Crippen LogP contribution in [-0.4, -0.2) is 106 Å². The van der Waals surface area contributed by atoms with Gasteiger partial charge in [-0.3, -0.25) is 18.2 Å². The second-order valence-corrected chi connectivity index (χ2v) is 26.2. The number of halogens is 6. The number of pyridine rings is 2. The largest absolute Gasteiger partial charge is 0.480 e. The van der Waals surface area contributed by atoms with Crippen molar-refractivity contribution in [1.29, 1.82) is 0 Å². The number of aliphatic carboxylic acids is 1. The summed E-state index contributed by atoms with van der Waals surface area (Å²) in [5.74, 6) is -3.11. The third-order valence-corrected chi connectivity index (χ3v) is 19.5. The number of anilines is 4. The number of rotatable bonds is 19. The number of carboxylic acids is 1. The molecular formula is C56H52F6N6O12S4. The van der Waals surface area contributed by atoms with Crippen LogP contribution in [0, 0.1) is 27.7 Å². The zero-order chi connectivity index (χ0) is 61.7. The molecule has 2 heterocycles. The quantitative estimate of drug-likeness (QED) is 0.0585. The fourth-order valence-corrected chi connectivity index (χ4v) is 14.1. The molecule has 0 aliphatic heterocycles. The predicted molar refractivity (Wildman–Crippen MR) is 303 cm³/mol. The van der Waals surface area contributed by atoms with Gasteiger partial charge in [0.2, 0.25) is 0 Å². The van der Waals surface area contributed by atoms with Gasteiger partial charge in [0.15, 0.2) is 11.6 Å². The topological polar surface area (TPSA) is 239 Å². The van der Waals surface area contributed by atoms with Crippen molar-refractivity contribution >= 4 is 96.6 Å². The SMILES string of the molecule is CCOC(=O)CN(c1ncc(N(CC(F)(F)F)S(=O)(=O)c2ccc(C)cc2)c2ccccc12)S(=O)(=O)c1ccc(C)cc1.Cc1ccc(S(=O)(=O)N(CC(F)(F)F)c2cnc(N(CC(=O)O)S(=O)(=O)c3ccc(C)cc3)c3ccccc23)cc1. The van der Waals surface area contributed by atoms with Crippen LogP contribution in [0.3, 0.4) is 0 Å². The lowest BCUT2D eigenvalue weighted by atomic mass is 10.1. The molecule has 444 valence electrons. The molecule has 0 fully saturated rings. The Morgan fingerprint density at radius 2 is 0.714 bits per heavy atom. The highest BCUT2D eigenvalue weighted by atomic mass is 32.2. The summed E-state index contributed by atoms with van der Waals surface area (Å²) in [6.45, 7) is 2.78. The lowest BCUT2D eigenvalue weighted by Crippen LogP contribution is -2.40. The number of hydrogen-bond acceptors (Lipinski definition) is 13. The van der Waals surface area contributed by atoms with Crippen molar-refractivity contribution in [3.05, 3.63) is 180 Å². The maximum atomic E-state index is 13.8. The van der Waals surface area contributed by atoms with Gasteiger partial charge in [-0.25, -0.2) is 52.2 Å². The number of fused-ring (bicyclic) bond motifs is 2. The number of sulfonamides is 4. The molecule has 0 saturated heterocycles. The molecule has 0 amide bonds. The van der Waals surface area contributed by atoms with E-state index in [1.807, 2.05) is 0 Å². The number of carbonyl (C=O) groups is 2. The number of alkyl halides is 6. The minimum atomic E-state index is -4.96. The molecule has 8 aromatic rings. The van der Waals surface area contributed by atoms with Crippen molar-refractivity contribution in [2.75, 3.05) is 50.0 Å². The summed E-state index contributed by atoms with van der Waals surface area (Å²) in [5.41, 5.74) is 2.03. The second-order valence-electron chi connectivity index (χ2n) is 18.8. The molecule has 0 radical (unpaired) electrons. The Bertz CT molecular complexity index is 4200. The molecule has 18 nitrogen and oxygen atoms in total. The lowest BCUT2D eigenvalue weighted by Gasteiger charge is -2.28. The van der Waals surface area contributed by atoms with Gasteiger partial charge in [0, 0.05) is 21.5 Å². The number of hydrogen-bond donors (Lipinski definition) is 1. The van der Waals surface area contributed by atoms with Crippen molar-refractivity contribution in [2.45, 2.75) is 66.6 Å². The molecule has 0 unspecified atom stereocenters. The van der Waals surface area contributed by atoms with Gasteiger partial charge in [-0.15, -0.1) is 0 Å². The maximum Gasteiger partial charge on any atom is 0.407 e. The molecule has 0 bridgehead atoms. The van der Waals surface area contributed by atoms with Crippen LogP contribution < -0.4 is 17.2 Å².